The minimum Gasteiger partial charge on any atom is -0.657 e. The zero-order valence-electron chi connectivity index (χ0n) is 33.2. The number of aromatic nitrogens is 3. The number of hydrogen-bond donors (Lipinski definition) is 3. The average Bonchev–Trinajstić information content (AvgIpc) is 3.87. The van der Waals surface area contributed by atoms with Crippen LogP contribution in [0.3, 0.4) is 0 Å². The molecule has 3 aromatic heterocycles. The topological polar surface area (TPSA) is 129 Å². The SMILES string of the molecule is C=Cc1c2[n-]c(c1C)/C=C1\NC(C3=c4[n-]c(c(C)c4=C(O)[C@@H]3C(=O)OC)/C=c3\[nH]/c(c(C)c3CC)=C\2)[C@@H](CCC(=O)OC/C=C(\C)CCCCC)[C@@H]1C.[Mg+2]. The van der Waals surface area contributed by atoms with Gasteiger partial charge in [0.05, 0.1) is 13.2 Å². The van der Waals surface area contributed by atoms with Crippen molar-refractivity contribution in [2.24, 2.45) is 17.8 Å². The second-order valence-electron chi connectivity index (χ2n) is 14.9. The number of aliphatic hydroxyl groups is 1. The maximum absolute atomic E-state index is 13.5. The Bertz CT molecular complexity index is 2270. The summed E-state index contributed by atoms with van der Waals surface area (Å²) in [6.07, 6.45) is 16.1. The van der Waals surface area contributed by atoms with E-state index in [0.29, 0.717) is 28.3 Å². The first-order valence-corrected chi connectivity index (χ1v) is 19.1. The van der Waals surface area contributed by atoms with Crippen LogP contribution in [-0.4, -0.2) is 64.8 Å². The largest absolute Gasteiger partial charge is 2.00 e. The van der Waals surface area contributed by atoms with E-state index in [0.717, 1.165) is 69.3 Å². The number of H-pyrrole nitrogens is 1. The number of rotatable bonds is 12. The van der Waals surface area contributed by atoms with Gasteiger partial charge in [-0.3, -0.25) is 9.59 Å². The standard InChI is InChI=1S/C44H54N4O5.Mg/c1-10-13-14-15-23(4)18-19-53-37(49)17-16-30-26(7)33-20-31-24(5)28(11-2)35(45-31)21-32-25(6)29(12-3)36(46-32)22-34-27(8)38-42(48-34)39(41(30)47-33)40(43(38)50)44(51)52-9;/h11,18,20-22,26,30,40-41,46-47,50H,2,10,12-17,19H2,1,3-9H3;/q-2;+2/b23-18+,32-21-,33-20-,36-22-;/t26-,30-,40+,41?;/m0./s1. The van der Waals surface area contributed by atoms with Crippen LogP contribution >= 0.6 is 0 Å². The summed E-state index contributed by atoms with van der Waals surface area (Å²) in [5.74, 6) is -2.10. The van der Waals surface area contributed by atoms with Gasteiger partial charge in [-0.2, -0.15) is 0 Å². The fourth-order valence-corrected chi connectivity index (χ4v) is 8.50. The molecule has 8 bridgehead atoms. The number of aromatic amines is 1. The van der Waals surface area contributed by atoms with E-state index in [1.54, 1.807) is 0 Å². The molecule has 5 heterocycles. The number of carbonyl (C=O) groups is 2. The van der Waals surface area contributed by atoms with E-state index >= 15 is 0 Å². The van der Waals surface area contributed by atoms with E-state index in [9.17, 15) is 14.7 Å². The van der Waals surface area contributed by atoms with Gasteiger partial charge in [-0.05, 0) is 87.6 Å². The minimum absolute atomic E-state index is 0. The Hall–Kier alpha value is -4.15. The van der Waals surface area contributed by atoms with Gasteiger partial charge < -0.3 is 34.8 Å². The number of aliphatic hydroxyl groups excluding tert-OH is 1. The van der Waals surface area contributed by atoms with Crippen LogP contribution in [0.5, 0.6) is 0 Å². The van der Waals surface area contributed by atoms with Gasteiger partial charge in [0.2, 0.25) is 0 Å². The molecular formula is C44H54MgN4O5. The smallest absolute Gasteiger partial charge is 0.657 e. The number of methoxy groups -OCH3 is 1. The molecule has 4 atom stereocenters. The zero-order valence-corrected chi connectivity index (χ0v) is 34.7. The van der Waals surface area contributed by atoms with Crippen LogP contribution in [0.1, 0.15) is 111 Å². The summed E-state index contributed by atoms with van der Waals surface area (Å²) >= 11 is 0. The summed E-state index contributed by atoms with van der Waals surface area (Å²) in [4.78, 5) is 40.6. The van der Waals surface area contributed by atoms with E-state index in [-0.39, 0.29) is 59.6 Å². The van der Waals surface area contributed by atoms with Gasteiger partial charge >= 0.3 is 35.0 Å². The van der Waals surface area contributed by atoms with Crippen molar-refractivity contribution in [3.63, 3.8) is 0 Å². The Morgan fingerprint density at radius 3 is 2.39 bits per heavy atom. The minimum atomic E-state index is -1.03. The first-order chi connectivity index (χ1) is 25.4. The number of nitrogens with zero attached hydrogens (tertiary/aromatic N) is 2. The first-order valence-electron chi connectivity index (χ1n) is 19.1. The number of allylic oxidation sites excluding steroid dienone is 2. The van der Waals surface area contributed by atoms with Crippen molar-refractivity contribution >= 4 is 70.6 Å². The Morgan fingerprint density at radius 1 is 0.981 bits per heavy atom. The van der Waals surface area contributed by atoms with Crippen molar-refractivity contribution in [1.82, 2.24) is 20.3 Å². The molecule has 54 heavy (non-hydrogen) atoms. The molecule has 9 nitrogen and oxygen atoms in total. The molecule has 10 heteroatoms. The van der Waals surface area contributed by atoms with Crippen molar-refractivity contribution in [2.45, 2.75) is 99.5 Å². The number of ether oxygens (including phenoxy) is 2. The number of unbranched alkanes of at least 4 members (excludes halogenated alkanes) is 2. The molecule has 0 radical (unpaired) electrons. The van der Waals surface area contributed by atoms with Crippen molar-refractivity contribution < 1.29 is 24.2 Å². The third-order valence-corrected chi connectivity index (χ3v) is 11.7. The van der Waals surface area contributed by atoms with Crippen LogP contribution in [0.2, 0.25) is 0 Å². The van der Waals surface area contributed by atoms with Gasteiger partial charge in [0.15, 0.2) is 0 Å². The van der Waals surface area contributed by atoms with Crippen LogP contribution in [0, 0.1) is 38.5 Å². The average molecular weight is 743 g/mol. The maximum atomic E-state index is 13.5. The summed E-state index contributed by atoms with van der Waals surface area (Å²) in [5.41, 5.74) is 10.3. The van der Waals surface area contributed by atoms with Crippen LogP contribution in [0.25, 0.3) is 35.6 Å². The van der Waals surface area contributed by atoms with Gasteiger partial charge in [0.1, 0.15) is 18.3 Å². The van der Waals surface area contributed by atoms with Gasteiger partial charge in [-0.1, -0.05) is 81.2 Å². The molecule has 3 N–H and O–H groups in total. The third kappa shape index (κ3) is 7.56. The molecule has 0 spiro atoms. The Balaban J connectivity index is 0.00000561. The van der Waals surface area contributed by atoms with Crippen molar-refractivity contribution in [1.29, 1.82) is 0 Å². The number of fused-ring (bicyclic) bond motifs is 8. The van der Waals surface area contributed by atoms with E-state index in [1.807, 2.05) is 25.2 Å². The summed E-state index contributed by atoms with van der Waals surface area (Å²) < 4.78 is 11.0. The number of esters is 2. The van der Waals surface area contributed by atoms with E-state index in [4.69, 9.17) is 19.4 Å². The molecule has 3 aliphatic rings. The molecule has 3 aromatic rings. The van der Waals surface area contributed by atoms with Crippen LogP contribution in [0.15, 0.2) is 23.9 Å². The number of hydrogen-bond acceptors (Lipinski definition) is 6. The molecule has 2 aliphatic heterocycles. The normalized spacial score (nSPS) is 22.3. The van der Waals surface area contributed by atoms with Gasteiger partial charge in [0.25, 0.3) is 0 Å². The van der Waals surface area contributed by atoms with E-state index < -0.39 is 17.9 Å². The second-order valence-corrected chi connectivity index (χ2v) is 14.9. The quantitative estimate of drug-likeness (QED) is 0.108. The summed E-state index contributed by atoms with van der Waals surface area (Å²) in [7, 11) is 1.34. The molecule has 1 aliphatic carbocycles. The molecule has 6 rings (SSSR count). The fraction of sp³-hybridized carbons (Fsp3) is 0.455. The predicted molar refractivity (Wildman–Crippen MR) is 216 cm³/mol. The second kappa shape index (κ2) is 17.1. The number of nitrogens with one attached hydrogen (secondary N) is 2. The molecule has 1 unspecified atom stereocenters. The summed E-state index contributed by atoms with van der Waals surface area (Å²) in [6, 6.07) is -0.432. The Morgan fingerprint density at radius 2 is 1.70 bits per heavy atom. The third-order valence-electron chi connectivity index (χ3n) is 11.7. The number of carbonyl (C=O) groups excluding carboxylic acids is 2. The van der Waals surface area contributed by atoms with Crippen molar-refractivity contribution in [3.8, 4) is 0 Å². The fourth-order valence-electron chi connectivity index (χ4n) is 8.50. The Labute approximate surface area is 334 Å². The maximum Gasteiger partial charge on any atom is 2.00 e. The first kappa shape index (κ1) is 41.0. The van der Waals surface area contributed by atoms with Crippen LogP contribution in [0.4, 0.5) is 0 Å². The summed E-state index contributed by atoms with van der Waals surface area (Å²) in [6.45, 7) is 19.0. The molecule has 1 fully saturated rings. The van der Waals surface area contributed by atoms with E-state index in [1.165, 1.54) is 31.1 Å². The predicted octanol–water partition coefficient (Wildman–Crippen LogP) is 4.38. The monoisotopic (exact) mass is 742 g/mol. The molecule has 0 amide bonds. The molecular weight excluding hydrogens is 689 g/mol. The Kier molecular flexibility index (Phi) is 13.0. The van der Waals surface area contributed by atoms with Gasteiger partial charge in [-0.15, -0.1) is 22.4 Å². The van der Waals surface area contributed by atoms with Crippen LogP contribution < -0.4 is 36.6 Å². The van der Waals surface area contributed by atoms with E-state index in [2.05, 4.69) is 70.6 Å². The molecule has 282 valence electrons. The van der Waals surface area contributed by atoms with Crippen molar-refractivity contribution in [2.75, 3.05) is 13.7 Å². The summed E-state index contributed by atoms with van der Waals surface area (Å²) in [5, 5.41) is 18.6. The molecule has 0 saturated carbocycles. The molecule has 0 aromatic carbocycles. The molecule has 1 saturated heterocycles. The van der Waals surface area contributed by atoms with Crippen molar-refractivity contribution in [3.05, 3.63) is 90.1 Å². The van der Waals surface area contributed by atoms with Gasteiger partial charge in [0, 0.05) is 34.0 Å². The van der Waals surface area contributed by atoms with Gasteiger partial charge in [-0.25, -0.2) is 0 Å². The van der Waals surface area contributed by atoms with Crippen LogP contribution in [-0.2, 0) is 25.5 Å². The zero-order chi connectivity index (χ0) is 38.1.